The van der Waals surface area contributed by atoms with E-state index in [9.17, 15) is 5.11 Å². The number of rotatable bonds is 7. The summed E-state index contributed by atoms with van der Waals surface area (Å²) < 4.78 is 4.84. The van der Waals surface area contributed by atoms with Crippen LogP contribution < -0.4 is 5.32 Å². The number of ether oxygens (including phenoxy) is 1. The van der Waals surface area contributed by atoms with Gasteiger partial charge in [-0.1, -0.05) is 6.07 Å². The molecule has 2 N–H and O–H groups in total. The average Bonchev–Trinajstić information content (AvgIpc) is 2.25. The fourth-order valence-electron chi connectivity index (χ4n) is 1.46. The summed E-state index contributed by atoms with van der Waals surface area (Å²) in [7, 11) is 1.59. The zero-order valence-corrected chi connectivity index (χ0v) is 9.94. The number of nitrogens with one attached hydrogen (secondary N) is 1. The van der Waals surface area contributed by atoms with E-state index in [-0.39, 0.29) is 6.10 Å². The molecule has 0 saturated carbocycles. The predicted molar refractivity (Wildman–Crippen MR) is 63.2 cm³/mol. The molecule has 0 radical (unpaired) electrons. The second-order valence-corrected chi connectivity index (χ2v) is 3.84. The molecule has 90 valence electrons. The highest BCUT2D eigenvalue weighted by Crippen LogP contribution is 1.97. The van der Waals surface area contributed by atoms with Crippen LogP contribution in [0.5, 0.6) is 0 Å². The van der Waals surface area contributed by atoms with Crippen LogP contribution in [0, 0.1) is 6.92 Å². The molecule has 0 bridgehead atoms. The number of nitrogens with zero attached hydrogens (tertiary/aromatic N) is 1. The summed E-state index contributed by atoms with van der Waals surface area (Å²) in [5, 5.41) is 12.7. The lowest BCUT2D eigenvalue weighted by molar-refractivity contribution is 0.0594. The summed E-state index contributed by atoms with van der Waals surface area (Å²) >= 11 is 0. The first kappa shape index (κ1) is 13.1. The molecule has 1 aromatic rings. The van der Waals surface area contributed by atoms with Crippen molar-refractivity contribution in [3.63, 3.8) is 0 Å². The maximum absolute atomic E-state index is 9.41. The Morgan fingerprint density at radius 3 is 3.00 bits per heavy atom. The molecule has 0 aromatic carbocycles. The number of aliphatic hydroxyl groups excluding tert-OH is 1. The molecule has 16 heavy (non-hydrogen) atoms. The molecule has 0 aliphatic rings. The zero-order valence-electron chi connectivity index (χ0n) is 9.94. The Hall–Kier alpha value is -0.970. The fraction of sp³-hybridized carbons (Fsp3) is 0.583. The Bertz CT molecular complexity index is 305. The minimum absolute atomic E-state index is 0.386. The molecular weight excluding hydrogens is 204 g/mol. The van der Waals surface area contributed by atoms with Crippen molar-refractivity contribution in [3.05, 3.63) is 29.6 Å². The molecule has 1 aromatic heterocycles. The maximum Gasteiger partial charge on any atom is 0.0785 e. The van der Waals surface area contributed by atoms with E-state index < -0.39 is 0 Å². The summed E-state index contributed by atoms with van der Waals surface area (Å²) in [6.07, 6.45) is 0.308. The maximum atomic E-state index is 9.41. The summed E-state index contributed by atoms with van der Waals surface area (Å²) in [6.45, 7) is 3.87. The number of aromatic nitrogens is 1. The third-order valence-electron chi connectivity index (χ3n) is 2.27. The smallest absolute Gasteiger partial charge is 0.0785 e. The standard InChI is InChI=1S/C12H20N2O2/c1-10-4-3-5-11(14-10)8-13-7-6-12(15)9-16-2/h3-5,12-13,15H,6-9H2,1-2H3. The van der Waals surface area contributed by atoms with Crippen molar-refractivity contribution in [2.75, 3.05) is 20.3 Å². The summed E-state index contributed by atoms with van der Waals surface area (Å²) in [4.78, 5) is 4.38. The average molecular weight is 224 g/mol. The van der Waals surface area contributed by atoms with E-state index in [0.717, 1.165) is 24.5 Å². The Morgan fingerprint density at radius 2 is 2.31 bits per heavy atom. The van der Waals surface area contributed by atoms with E-state index >= 15 is 0 Å². The van der Waals surface area contributed by atoms with Gasteiger partial charge in [-0.25, -0.2) is 0 Å². The molecule has 1 rings (SSSR count). The van der Waals surface area contributed by atoms with E-state index in [4.69, 9.17) is 4.74 Å². The highest BCUT2D eigenvalue weighted by Gasteiger charge is 2.02. The van der Waals surface area contributed by atoms with E-state index in [1.54, 1.807) is 7.11 Å². The van der Waals surface area contributed by atoms with Crippen LogP contribution in [0.25, 0.3) is 0 Å². The molecular formula is C12H20N2O2. The zero-order chi connectivity index (χ0) is 11.8. The van der Waals surface area contributed by atoms with Gasteiger partial charge in [-0.15, -0.1) is 0 Å². The van der Waals surface area contributed by atoms with Gasteiger partial charge in [0.05, 0.1) is 18.4 Å². The molecule has 0 saturated heterocycles. The number of hydrogen-bond acceptors (Lipinski definition) is 4. The van der Waals surface area contributed by atoms with Gasteiger partial charge in [0, 0.05) is 19.3 Å². The molecule has 0 spiro atoms. The van der Waals surface area contributed by atoms with Gasteiger partial charge in [0.25, 0.3) is 0 Å². The second-order valence-electron chi connectivity index (χ2n) is 3.84. The summed E-state index contributed by atoms with van der Waals surface area (Å²) in [5.74, 6) is 0. The van der Waals surface area contributed by atoms with Crippen LogP contribution in [-0.2, 0) is 11.3 Å². The molecule has 0 aliphatic heterocycles. The Kier molecular flexibility index (Phi) is 6.00. The second kappa shape index (κ2) is 7.33. The van der Waals surface area contributed by atoms with Crippen molar-refractivity contribution in [1.82, 2.24) is 10.3 Å². The van der Waals surface area contributed by atoms with Crippen LogP contribution in [0.3, 0.4) is 0 Å². The number of aryl methyl sites for hydroxylation is 1. The van der Waals surface area contributed by atoms with Crippen molar-refractivity contribution in [2.24, 2.45) is 0 Å². The molecule has 4 heteroatoms. The predicted octanol–water partition coefficient (Wildman–Crippen LogP) is 0.877. The molecule has 1 atom stereocenters. The lowest BCUT2D eigenvalue weighted by Crippen LogP contribution is -2.23. The lowest BCUT2D eigenvalue weighted by Gasteiger charge is -2.09. The SMILES string of the molecule is COCC(O)CCNCc1cccc(C)n1. The van der Waals surface area contributed by atoms with Gasteiger partial charge < -0.3 is 15.2 Å². The van der Waals surface area contributed by atoms with Crippen LogP contribution in [-0.4, -0.2) is 36.5 Å². The number of hydrogen-bond donors (Lipinski definition) is 2. The van der Waals surface area contributed by atoms with Gasteiger partial charge in [0.1, 0.15) is 0 Å². The van der Waals surface area contributed by atoms with Gasteiger partial charge in [0.2, 0.25) is 0 Å². The minimum Gasteiger partial charge on any atom is -0.391 e. The number of aliphatic hydroxyl groups is 1. The van der Waals surface area contributed by atoms with Gasteiger partial charge in [-0.3, -0.25) is 4.98 Å². The van der Waals surface area contributed by atoms with Crippen molar-refractivity contribution >= 4 is 0 Å². The Labute approximate surface area is 96.7 Å². The van der Waals surface area contributed by atoms with Crippen LogP contribution in [0.4, 0.5) is 0 Å². The fourth-order valence-corrected chi connectivity index (χ4v) is 1.46. The number of pyridine rings is 1. The van der Waals surface area contributed by atoms with Gasteiger partial charge >= 0.3 is 0 Å². The topological polar surface area (TPSA) is 54.4 Å². The Morgan fingerprint density at radius 1 is 1.50 bits per heavy atom. The van der Waals surface area contributed by atoms with Gasteiger partial charge in [0.15, 0.2) is 0 Å². The van der Waals surface area contributed by atoms with E-state index in [1.165, 1.54) is 0 Å². The van der Waals surface area contributed by atoms with Gasteiger partial charge in [-0.2, -0.15) is 0 Å². The normalized spacial score (nSPS) is 12.7. The molecule has 1 heterocycles. The summed E-state index contributed by atoms with van der Waals surface area (Å²) in [5.41, 5.74) is 2.06. The minimum atomic E-state index is -0.386. The van der Waals surface area contributed by atoms with E-state index in [1.807, 2.05) is 25.1 Å². The van der Waals surface area contributed by atoms with Crippen molar-refractivity contribution in [1.29, 1.82) is 0 Å². The summed E-state index contributed by atoms with van der Waals surface area (Å²) in [6, 6.07) is 5.97. The molecule has 1 unspecified atom stereocenters. The van der Waals surface area contributed by atoms with E-state index in [2.05, 4.69) is 10.3 Å². The van der Waals surface area contributed by atoms with Crippen LogP contribution in [0.1, 0.15) is 17.8 Å². The highest BCUT2D eigenvalue weighted by molar-refractivity contribution is 5.09. The van der Waals surface area contributed by atoms with Crippen LogP contribution in [0.2, 0.25) is 0 Å². The monoisotopic (exact) mass is 224 g/mol. The van der Waals surface area contributed by atoms with Crippen LogP contribution in [0.15, 0.2) is 18.2 Å². The largest absolute Gasteiger partial charge is 0.391 e. The quantitative estimate of drug-likeness (QED) is 0.675. The first-order valence-corrected chi connectivity index (χ1v) is 5.52. The van der Waals surface area contributed by atoms with E-state index in [0.29, 0.717) is 13.0 Å². The van der Waals surface area contributed by atoms with Crippen molar-refractivity contribution in [3.8, 4) is 0 Å². The molecule has 0 fully saturated rings. The van der Waals surface area contributed by atoms with Crippen molar-refractivity contribution in [2.45, 2.75) is 26.0 Å². The molecule has 4 nitrogen and oxygen atoms in total. The third kappa shape index (κ3) is 5.21. The first-order chi connectivity index (χ1) is 7.72. The third-order valence-corrected chi connectivity index (χ3v) is 2.27. The molecule has 0 amide bonds. The number of methoxy groups -OCH3 is 1. The van der Waals surface area contributed by atoms with Crippen molar-refractivity contribution < 1.29 is 9.84 Å². The van der Waals surface area contributed by atoms with Crippen LogP contribution >= 0.6 is 0 Å². The first-order valence-electron chi connectivity index (χ1n) is 5.52. The van der Waals surface area contributed by atoms with Gasteiger partial charge in [-0.05, 0) is 32.0 Å². The Balaban J connectivity index is 2.16. The highest BCUT2D eigenvalue weighted by atomic mass is 16.5. The molecule has 0 aliphatic carbocycles. The lowest BCUT2D eigenvalue weighted by atomic mass is 10.2.